The Morgan fingerprint density at radius 2 is 2.07 bits per heavy atom. The van der Waals surface area contributed by atoms with Crippen LogP contribution >= 0.6 is 0 Å². The van der Waals surface area contributed by atoms with E-state index < -0.39 is 0 Å². The molecule has 1 aliphatic heterocycles. The van der Waals surface area contributed by atoms with Gasteiger partial charge in [0.2, 0.25) is 0 Å². The molecule has 0 aliphatic carbocycles. The molecule has 152 valence electrons. The third kappa shape index (κ3) is 4.24. The average molecular weight is 393 g/mol. The Kier molecular flexibility index (Phi) is 5.76. The summed E-state index contributed by atoms with van der Waals surface area (Å²) in [7, 11) is 0. The summed E-state index contributed by atoms with van der Waals surface area (Å²) in [5.74, 6) is 1.87. The number of para-hydroxylation sites is 1. The molecule has 1 N–H and O–H groups in total. The van der Waals surface area contributed by atoms with Gasteiger partial charge in [-0.3, -0.25) is 4.79 Å². The summed E-state index contributed by atoms with van der Waals surface area (Å²) in [4.78, 5) is 29.3. The van der Waals surface area contributed by atoms with Crippen molar-refractivity contribution in [3.8, 4) is 0 Å². The SMILES string of the molecule is CCN(CCc1nc2c(C)cccc2[nH]1)c1ccc(C(=O)N2CCOCC2)cn1. The number of likely N-dealkylation sites (N-methyl/N-ethyl adjacent to an activating group) is 1. The highest BCUT2D eigenvalue weighted by molar-refractivity contribution is 5.94. The van der Waals surface area contributed by atoms with Gasteiger partial charge in [-0.2, -0.15) is 0 Å². The molecule has 1 saturated heterocycles. The molecular weight excluding hydrogens is 366 g/mol. The molecule has 3 heterocycles. The summed E-state index contributed by atoms with van der Waals surface area (Å²) < 4.78 is 5.32. The first-order valence-electron chi connectivity index (χ1n) is 10.2. The first-order chi connectivity index (χ1) is 14.2. The first kappa shape index (κ1) is 19.4. The third-order valence-corrected chi connectivity index (χ3v) is 5.38. The standard InChI is InChI=1S/C22H27N5O2/c1-3-26(10-9-19-24-18-6-4-5-16(2)21(18)25-19)20-8-7-17(15-23-20)22(28)27-11-13-29-14-12-27/h4-8,15H,3,9-14H2,1-2H3,(H,24,25). The molecule has 0 spiro atoms. The second-order valence-corrected chi connectivity index (χ2v) is 7.29. The number of hydrogen-bond acceptors (Lipinski definition) is 5. The van der Waals surface area contributed by atoms with E-state index in [-0.39, 0.29) is 5.91 Å². The van der Waals surface area contributed by atoms with Crippen LogP contribution in [0.15, 0.2) is 36.5 Å². The summed E-state index contributed by atoms with van der Waals surface area (Å²) in [6.45, 7) is 8.30. The molecule has 0 radical (unpaired) electrons. The van der Waals surface area contributed by atoms with E-state index >= 15 is 0 Å². The van der Waals surface area contributed by atoms with E-state index in [1.807, 2.05) is 23.1 Å². The molecular formula is C22H27N5O2. The van der Waals surface area contributed by atoms with Crippen LogP contribution in [0.3, 0.4) is 0 Å². The minimum absolute atomic E-state index is 0.0213. The number of amides is 1. The van der Waals surface area contributed by atoms with Crippen LogP contribution in [0.25, 0.3) is 11.0 Å². The number of aryl methyl sites for hydroxylation is 1. The van der Waals surface area contributed by atoms with Gasteiger partial charge in [0, 0.05) is 38.8 Å². The van der Waals surface area contributed by atoms with Gasteiger partial charge in [-0.15, -0.1) is 0 Å². The Hall–Kier alpha value is -2.93. The normalized spacial score (nSPS) is 14.3. The Morgan fingerprint density at radius 1 is 1.24 bits per heavy atom. The zero-order valence-electron chi connectivity index (χ0n) is 17.0. The molecule has 0 saturated carbocycles. The van der Waals surface area contributed by atoms with Gasteiger partial charge in [-0.1, -0.05) is 12.1 Å². The van der Waals surface area contributed by atoms with Crippen molar-refractivity contribution >= 4 is 22.8 Å². The summed E-state index contributed by atoms with van der Waals surface area (Å²) in [6, 6.07) is 9.98. The van der Waals surface area contributed by atoms with Gasteiger partial charge in [0.25, 0.3) is 5.91 Å². The average Bonchev–Trinajstić information content (AvgIpc) is 3.19. The molecule has 1 aliphatic rings. The van der Waals surface area contributed by atoms with E-state index in [0.717, 1.165) is 42.2 Å². The number of imidazole rings is 1. The third-order valence-electron chi connectivity index (χ3n) is 5.38. The van der Waals surface area contributed by atoms with E-state index in [4.69, 9.17) is 9.72 Å². The number of anilines is 1. The fourth-order valence-electron chi connectivity index (χ4n) is 3.67. The number of rotatable bonds is 6. The number of carbonyl (C=O) groups excluding carboxylic acids is 1. The summed E-state index contributed by atoms with van der Waals surface area (Å²) in [5.41, 5.74) is 3.92. The zero-order chi connectivity index (χ0) is 20.2. The van der Waals surface area contributed by atoms with Gasteiger partial charge >= 0.3 is 0 Å². The van der Waals surface area contributed by atoms with Crippen molar-refractivity contribution in [3.63, 3.8) is 0 Å². The highest BCUT2D eigenvalue weighted by atomic mass is 16.5. The van der Waals surface area contributed by atoms with Gasteiger partial charge in [0.1, 0.15) is 11.6 Å². The topological polar surface area (TPSA) is 74.4 Å². The lowest BCUT2D eigenvalue weighted by atomic mass is 10.2. The number of aromatic amines is 1. The molecule has 7 heteroatoms. The molecule has 2 aromatic heterocycles. The number of nitrogens with one attached hydrogen (secondary N) is 1. The highest BCUT2D eigenvalue weighted by Gasteiger charge is 2.19. The lowest BCUT2D eigenvalue weighted by Crippen LogP contribution is -2.40. The molecule has 1 aromatic carbocycles. The van der Waals surface area contributed by atoms with Crippen molar-refractivity contribution in [2.75, 3.05) is 44.3 Å². The second-order valence-electron chi connectivity index (χ2n) is 7.29. The molecule has 29 heavy (non-hydrogen) atoms. The number of nitrogens with zero attached hydrogens (tertiary/aromatic N) is 4. The van der Waals surface area contributed by atoms with Crippen LogP contribution in [0.4, 0.5) is 5.82 Å². The van der Waals surface area contributed by atoms with Crippen LogP contribution in [0.2, 0.25) is 0 Å². The van der Waals surface area contributed by atoms with Crippen LogP contribution in [-0.4, -0.2) is 65.2 Å². The van der Waals surface area contributed by atoms with Gasteiger partial charge in [-0.05, 0) is 37.6 Å². The number of aromatic nitrogens is 3. The van der Waals surface area contributed by atoms with Crippen molar-refractivity contribution in [3.05, 3.63) is 53.5 Å². The van der Waals surface area contributed by atoms with Crippen molar-refractivity contribution in [2.45, 2.75) is 20.3 Å². The molecule has 3 aromatic rings. The lowest BCUT2D eigenvalue weighted by Gasteiger charge is -2.27. The Morgan fingerprint density at radius 3 is 2.76 bits per heavy atom. The fraction of sp³-hybridized carbons (Fsp3) is 0.409. The van der Waals surface area contributed by atoms with Crippen LogP contribution < -0.4 is 4.90 Å². The van der Waals surface area contributed by atoms with E-state index in [1.165, 1.54) is 5.56 Å². The number of carbonyl (C=O) groups is 1. The maximum atomic E-state index is 12.6. The number of morpholine rings is 1. The maximum absolute atomic E-state index is 12.6. The molecule has 1 amide bonds. The van der Waals surface area contributed by atoms with Crippen molar-refractivity contribution < 1.29 is 9.53 Å². The second kappa shape index (κ2) is 8.61. The van der Waals surface area contributed by atoms with Crippen molar-refractivity contribution in [1.29, 1.82) is 0 Å². The Labute approximate surface area is 170 Å². The maximum Gasteiger partial charge on any atom is 0.255 e. The van der Waals surface area contributed by atoms with Crippen LogP contribution in [0, 0.1) is 6.92 Å². The predicted octanol–water partition coefficient (Wildman–Crippen LogP) is 2.81. The number of fused-ring (bicyclic) bond motifs is 1. The fourth-order valence-corrected chi connectivity index (χ4v) is 3.67. The Bertz CT molecular complexity index is 977. The van der Waals surface area contributed by atoms with Crippen LogP contribution in [-0.2, 0) is 11.2 Å². The van der Waals surface area contributed by atoms with E-state index in [2.05, 4.69) is 40.8 Å². The van der Waals surface area contributed by atoms with Gasteiger partial charge in [0.05, 0.1) is 29.8 Å². The number of H-pyrrole nitrogens is 1. The number of hydrogen-bond donors (Lipinski definition) is 1. The largest absolute Gasteiger partial charge is 0.378 e. The van der Waals surface area contributed by atoms with Crippen molar-refractivity contribution in [1.82, 2.24) is 19.9 Å². The predicted molar refractivity (Wildman–Crippen MR) is 113 cm³/mol. The monoisotopic (exact) mass is 393 g/mol. The molecule has 4 rings (SSSR count). The smallest absolute Gasteiger partial charge is 0.255 e. The lowest BCUT2D eigenvalue weighted by molar-refractivity contribution is 0.0302. The van der Waals surface area contributed by atoms with E-state index in [0.29, 0.717) is 31.9 Å². The summed E-state index contributed by atoms with van der Waals surface area (Å²) >= 11 is 0. The molecule has 0 unspecified atom stereocenters. The number of pyridine rings is 1. The molecule has 7 nitrogen and oxygen atoms in total. The quantitative estimate of drug-likeness (QED) is 0.697. The molecule has 1 fully saturated rings. The summed E-state index contributed by atoms with van der Waals surface area (Å²) in [6.07, 6.45) is 2.48. The van der Waals surface area contributed by atoms with E-state index in [9.17, 15) is 4.79 Å². The molecule has 0 atom stereocenters. The number of benzene rings is 1. The van der Waals surface area contributed by atoms with Gasteiger partial charge < -0.3 is 19.5 Å². The zero-order valence-corrected chi connectivity index (χ0v) is 17.0. The Balaban J connectivity index is 1.41. The summed E-state index contributed by atoms with van der Waals surface area (Å²) in [5, 5.41) is 0. The molecule has 0 bridgehead atoms. The first-order valence-corrected chi connectivity index (χ1v) is 10.2. The number of ether oxygens (including phenoxy) is 1. The van der Waals surface area contributed by atoms with Gasteiger partial charge in [0.15, 0.2) is 0 Å². The minimum atomic E-state index is 0.0213. The van der Waals surface area contributed by atoms with Crippen molar-refractivity contribution in [2.24, 2.45) is 0 Å². The highest BCUT2D eigenvalue weighted by Crippen LogP contribution is 2.17. The van der Waals surface area contributed by atoms with Gasteiger partial charge in [-0.25, -0.2) is 9.97 Å². The van der Waals surface area contributed by atoms with Crippen LogP contribution in [0.5, 0.6) is 0 Å². The minimum Gasteiger partial charge on any atom is -0.378 e. The van der Waals surface area contributed by atoms with E-state index in [1.54, 1.807) is 6.20 Å². The van der Waals surface area contributed by atoms with Crippen LogP contribution in [0.1, 0.15) is 28.7 Å².